The number of nitrogens with zero attached hydrogens (tertiary/aromatic N) is 5. The van der Waals surface area contributed by atoms with Crippen molar-refractivity contribution in [2.24, 2.45) is 5.14 Å². The van der Waals surface area contributed by atoms with Crippen LogP contribution in [0.1, 0.15) is 19.8 Å². The van der Waals surface area contributed by atoms with Crippen LogP contribution in [0.25, 0.3) is 11.4 Å². The van der Waals surface area contributed by atoms with Gasteiger partial charge in [-0.15, -0.1) is 10.2 Å². The predicted octanol–water partition coefficient (Wildman–Crippen LogP) is -1.93. The molecule has 1 aliphatic heterocycles. The number of nitrogens with one attached hydrogen (secondary N) is 2. The van der Waals surface area contributed by atoms with Gasteiger partial charge in [0.2, 0.25) is 25.9 Å². The van der Waals surface area contributed by atoms with E-state index in [1.54, 1.807) is 6.92 Å². The molecule has 2 heterocycles. The van der Waals surface area contributed by atoms with Gasteiger partial charge in [0.05, 0.1) is 11.7 Å². The monoisotopic (exact) mass is 518 g/mol. The van der Waals surface area contributed by atoms with Gasteiger partial charge in [-0.1, -0.05) is 6.92 Å². The first-order valence-corrected chi connectivity index (χ1v) is 13.8. The molecule has 0 radical (unpaired) electrons. The summed E-state index contributed by atoms with van der Waals surface area (Å²) < 4.78 is 53.7. The molecule has 2 aromatic rings. The maximum atomic E-state index is 13.0. The summed E-state index contributed by atoms with van der Waals surface area (Å²) in [5, 5.41) is 37.9. The number of sulfonamides is 2. The van der Waals surface area contributed by atoms with Gasteiger partial charge in [0, 0.05) is 51.6 Å². The number of benzene rings is 1. The van der Waals surface area contributed by atoms with Crippen molar-refractivity contribution in [3.63, 3.8) is 0 Å². The Kier molecular flexibility index (Phi) is 8.56. The van der Waals surface area contributed by atoms with Gasteiger partial charge in [0.1, 0.15) is 9.79 Å². The van der Waals surface area contributed by atoms with Crippen LogP contribution in [-0.4, -0.2) is 105 Å². The first-order valence-electron chi connectivity index (χ1n) is 10.8. The highest BCUT2D eigenvalue weighted by atomic mass is 32.2. The Morgan fingerprint density at radius 1 is 1.21 bits per heavy atom. The molecule has 0 aliphatic carbocycles. The Bertz CT molecular complexity index is 1170. The molecule has 0 bridgehead atoms. The van der Waals surface area contributed by atoms with Crippen molar-refractivity contribution in [2.45, 2.75) is 35.7 Å². The Labute approximate surface area is 198 Å². The van der Waals surface area contributed by atoms with Crippen molar-refractivity contribution in [1.82, 2.24) is 30.2 Å². The van der Waals surface area contributed by atoms with Crippen LogP contribution in [0.15, 0.2) is 21.9 Å². The zero-order valence-electron chi connectivity index (χ0n) is 18.8. The molecule has 0 spiro atoms. The van der Waals surface area contributed by atoms with Crippen LogP contribution < -0.4 is 14.8 Å². The van der Waals surface area contributed by atoms with Gasteiger partial charge in [-0.05, 0) is 30.2 Å². The first-order chi connectivity index (χ1) is 16.1. The van der Waals surface area contributed by atoms with Crippen LogP contribution in [0.4, 0.5) is 5.69 Å². The number of hydrogen-bond acceptors (Lipinski definition) is 11. The molecule has 0 amide bonds. The van der Waals surface area contributed by atoms with Gasteiger partial charge in [0.15, 0.2) is 0 Å². The second kappa shape index (κ2) is 11.0. The second-order valence-electron chi connectivity index (χ2n) is 7.89. The van der Waals surface area contributed by atoms with Crippen LogP contribution in [0.5, 0.6) is 0 Å². The lowest BCUT2D eigenvalue weighted by atomic mass is 10.1. The second-order valence-corrected chi connectivity index (χ2v) is 11.1. The minimum absolute atomic E-state index is 0.0704. The largest absolute Gasteiger partial charge is 0.396 e. The smallest absolute Gasteiger partial charge is 0.242 e. The van der Waals surface area contributed by atoms with Crippen molar-refractivity contribution in [1.29, 1.82) is 0 Å². The van der Waals surface area contributed by atoms with Gasteiger partial charge in [-0.25, -0.2) is 26.7 Å². The number of aliphatic hydroxyl groups excluding tert-OH is 2. The molecular weight excluding hydrogens is 488 g/mol. The lowest BCUT2D eigenvalue weighted by molar-refractivity contribution is 0.174. The standard InChI is InChI=1S/C18H30N8O6S2/c1-2-13(28)12-20-34(31,32)15-5-4-14(26-9-7-25(8-10-26)6-3-11-27)16(17(15)33(19,29)30)18-21-23-24-22-18/h4-5,13,20,27-28H,2-3,6-12H2,1H3,(H2,19,29,30)(H,21,22,23,24). The number of anilines is 1. The highest BCUT2D eigenvalue weighted by Crippen LogP contribution is 2.38. The summed E-state index contributed by atoms with van der Waals surface area (Å²) in [7, 11) is -8.93. The molecule has 1 aromatic heterocycles. The predicted molar refractivity (Wildman–Crippen MR) is 123 cm³/mol. The van der Waals surface area contributed by atoms with E-state index < -0.39 is 35.9 Å². The molecule has 1 unspecified atom stereocenters. The quantitative estimate of drug-likeness (QED) is 0.221. The van der Waals surface area contributed by atoms with Gasteiger partial charge >= 0.3 is 0 Å². The van der Waals surface area contributed by atoms with E-state index in [4.69, 9.17) is 10.2 Å². The topological polar surface area (TPSA) is 208 Å². The average Bonchev–Trinajstić information content (AvgIpc) is 3.34. The molecule has 190 valence electrons. The van der Waals surface area contributed by atoms with Gasteiger partial charge in [-0.3, -0.25) is 4.90 Å². The van der Waals surface area contributed by atoms with Crippen LogP contribution in [-0.2, 0) is 20.0 Å². The zero-order valence-corrected chi connectivity index (χ0v) is 20.4. The molecule has 1 aliphatic rings. The first kappa shape index (κ1) is 26.4. The van der Waals surface area contributed by atoms with E-state index in [2.05, 4.69) is 30.2 Å². The summed E-state index contributed by atoms with van der Waals surface area (Å²) >= 11 is 0. The molecule has 14 nitrogen and oxygen atoms in total. The number of aromatic amines is 1. The number of tetrazole rings is 1. The number of primary sulfonamides is 1. The number of piperazine rings is 1. The fraction of sp³-hybridized carbons (Fsp3) is 0.611. The van der Waals surface area contributed by atoms with Crippen LogP contribution in [0.3, 0.4) is 0 Å². The Hall–Kier alpha value is -2.21. The number of nitrogens with two attached hydrogens (primary N) is 1. The fourth-order valence-electron chi connectivity index (χ4n) is 3.73. The van der Waals surface area contributed by atoms with Crippen LogP contribution in [0, 0.1) is 0 Å². The molecule has 0 saturated carbocycles. The summed E-state index contributed by atoms with van der Waals surface area (Å²) in [6, 6.07) is 2.67. The van der Waals surface area contributed by atoms with Gasteiger partial charge in [-0.2, -0.15) is 5.21 Å². The number of rotatable bonds is 11. The van der Waals surface area contributed by atoms with Gasteiger partial charge in [0.25, 0.3) is 0 Å². The molecule has 1 fully saturated rings. The zero-order chi connectivity index (χ0) is 24.9. The maximum absolute atomic E-state index is 13.0. The summed E-state index contributed by atoms with van der Waals surface area (Å²) in [5.74, 6) is -0.118. The van der Waals surface area contributed by atoms with Crippen LogP contribution in [0.2, 0.25) is 0 Å². The summed E-state index contributed by atoms with van der Waals surface area (Å²) in [6.45, 7) is 4.58. The van der Waals surface area contributed by atoms with Crippen molar-refractivity contribution in [3.8, 4) is 11.4 Å². The van der Waals surface area contributed by atoms with Crippen molar-refractivity contribution in [3.05, 3.63) is 12.1 Å². The van der Waals surface area contributed by atoms with E-state index in [9.17, 15) is 21.9 Å². The molecule has 1 aromatic carbocycles. The van der Waals surface area contributed by atoms with E-state index in [-0.39, 0.29) is 24.5 Å². The Balaban J connectivity index is 2.09. The number of aromatic nitrogens is 4. The van der Waals surface area contributed by atoms with Crippen LogP contribution >= 0.6 is 0 Å². The Morgan fingerprint density at radius 3 is 2.47 bits per heavy atom. The Morgan fingerprint density at radius 2 is 1.91 bits per heavy atom. The van der Waals surface area contributed by atoms with Crippen molar-refractivity contribution in [2.75, 3.05) is 50.8 Å². The molecular formula is C18H30N8O6S2. The lowest BCUT2D eigenvalue weighted by Gasteiger charge is -2.37. The van der Waals surface area contributed by atoms with Crippen molar-refractivity contribution < 1.29 is 27.0 Å². The highest BCUT2D eigenvalue weighted by Gasteiger charge is 2.33. The molecule has 34 heavy (non-hydrogen) atoms. The average molecular weight is 519 g/mol. The number of H-pyrrole nitrogens is 1. The third-order valence-electron chi connectivity index (χ3n) is 5.57. The van der Waals surface area contributed by atoms with E-state index in [1.165, 1.54) is 12.1 Å². The summed E-state index contributed by atoms with van der Waals surface area (Å²) in [6.07, 6.45) is 0.0171. The number of aliphatic hydroxyl groups is 2. The van der Waals surface area contributed by atoms with E-state index in [0.29, 0.717) is 44.7 Å². The molecule has 3 rings (SSSR count). The summed E-state index contributed by atoms with van der Waals surface area (Å²) in [4.78, 5) is 2.86. The van der Waals surface area contributed by atoms with E-state index in [0.717, 1.165) is 6.54 Å². The highest BCUT2D eigenvalue weighted by molar-refractivity contribution is 7.92. The number of hydrogen-bond donors (Lipinski definition) is 5. The lowest BCUT2D eigenvalue weighted by Crippen LogP contribution is -2.47. The third-order valence-corrected chi connectivity index (χ3v) is 8.16. The summed E-state index contributed by atoms with van der Waals surface area (Å²) in [5.41, 5.74) is 0.332. The minimum atomic E-state index is -4.57. The molecule has 1 saturated heterocycles. The maximum Gasteiger partial charge on any atom is 0.242 e. The SMILES string of the molecule is CCC(O)CNS(=O)(=O)c1ccc(N2CCN(CCCO)CC2)c(-c2nn[nH]n2)c1S(N)(=O)=O. The van der Waals surface area contributed by atoms with E-state index in [1.807, 2.05) is 4.90 Å². The molecule has 16 heteroatoms. The molecule has 6 N–H and O–H groups in total. The molecule has 1 atom stereocenters. The van der Waals surface area contributed by atoms with Gasteiger partial charge < -0.3 is 15.1 Å². The van der Waals surface area contributed by atoms with E-state index >= 15 is 0 Å². The van der Waals surface area contributed by atoms with Crippen molar-refractivity contribution >= 4 is 25.7 Å². The fourth-order valence-corrected chi connectivity index (χ4v) is 6.40. The minimum Gasteiger partial charge on any atom is -0.396 e. The third kappa shape index (κ3) is 6.07. The normalized spacial score (nSPS) is 16.6.